The number of esters is 1. The first-order chi connectivity index (χ1) is 9.44. The molecule has 1 aromatic rings. The van der Waals surface area contributed by atoms with Gasteiger partial charge in [0.15, 0.2) is 0 Å². The van der Waals surface area contributed by atoms with Crippen LogP contribution in [-0.2, 0) is 14.8 Å². The van der Waals surface area contributed by atoms with Gasteiger partial charge in [-0.15, -0.1) is 0 Å². The first-order valence-electron chi connectivity index (χ1n) is 6.05. The highest BCUT2D eigenvalue weighted by molar-refractivity contribution is 7.89. The summed E-state index contributed by atoms with van der Waals surface area (Å²) in [5.74, 6) is -1.56. The highest BCUT2D eigenvalue weighted by Gasteiger charge is 2.27. The molecule has 20 heavy (non-hydrogen) atoms. The number of hydrogen-bond donors (Lipinski definition) is 2. The molecule has 8 heteroatoms. The Labute approximate surface area is 116 Å². The van der Waals surface area contributed by atoms with Crippen molar-refractivity contribution >= 4 is 16.0 Å². The lowest BCUT2D eigenvalue weighted by Crippen LogP contribution is -2.37. The van der Waals surface area contributed by atoms with Crippen molar-refractivity contribution in [3.63, 3.8) is 0 Å². The predicted molar refractivity (Wildman–Crippen MR) is 69.3 cm³/mol. The Bertz CT molecular complexity index is 612. The van der Waals surface area contributed by atoms with E-state index in [9.17, 15) is 17.6 Å². The Hall–Kier alpha value is -1.51. The van der Waals surface area contributed by atoms with E-state index in [1.807, 2.05) is 0 Å². The molecule has 110 valence electrons. The van der Waals surface area contributed by atoms with Gasteiger partial charge in [0.25, 0.3) is 0 Å². The summed E-state index contributed by atoms with van der Waals surface area (Å²) in [4.78, 5) is 11.2. The number of nitrogens with one attached hydrogen (secondary N) is 2. The van der Waals surface area contributed by atoms with E-state index in [-0.39, 0.29) is 11.6 Å². The van der Waals surface area contributed by atoms with Gasteiger partial charge in [-0.3, -0.25) is 0 Å². The summed E-state index contributed by atoms with van der Waals surface area (Å²) >= 11 is 0. The molecular weight excluding hydrogens is 287 g/mol. The minimum absolute atomic E-state index is 0.188. The van der Waals surface area contributed by atoms with Gasteiger partial charge in [0, 0.05) is 12.6 Å². The lowest BCUT2D eigenvalue weighted by Gasteiger charge is -2.14. The molecule has 2 rings (SSSR count). The number of benzene rings is 1. The van der Waals surface area contributed by atoms with Crippen LogP contribution in [0, 0.1) is 5.82 Å². The molecule has 0 spiro atoms. The highest BCUT2D eigenvalue weighted by Crippen LogP contribution is 2.19. The average Bonchev–Trinajstić information content (AvgIpc) is 2.90. The molecular formula is C12H15FN2O4S. The maximum atomic E-state index is 13.3. The van der Waals surface area contributed by atoms with Crippen molar-refractivity contribution < 1.29 is 22.3 Å². The quantitative estimate of drug-likeness (QED) is 0.779. The first-order valence-corrected chi connectivity index (χ1v) is 7.53. The summed E-state index contributed by atoms with van der Waals surface area (Å²) in [5, 5.41) is 3.01. The van der Waals surface area contributed by atoms with Crippen LogP contribution < -0.4 is 10.0 Å². The van der Waals surface area contributed by atoms with E-state index in [1.165, 1.54) is 0 Å². The number of hydrogen-bond acceptors (Lipinski definition) is 5. The Balaban J connectivity index is 2.38. The fourth-order valence-electron chi connectivity index (χ4n) is 2.04. The second-order valence-corrected chi connectivity index (χ2v) is 6.13. The topological polar surface area (TPSA) is 84.5 Å². The molecule has 0 aromatic heterocycles. The van der Waals surface area contributed by atoms with E-state index < -0.39 is 26.7 Å². The maximum absolute atomic E-state index is 13.3. The third kappa shape index (κ3) is 3.14. The van der Waals surface area contributed by atoms with Crippen LogP contribution in [0.3, 0.4) is 0 Å². The van der Waals surface area contributed by atoms with E-state index in [4.69, 9.17) is 0 Å². The molecule has 0 radical (unpaired) electrons. The van der Waals surface area contributed by atoms with Crippen LogP contribution in [0.2, 0.25) is 0 Å². The standard InChI is InChI=1S/C12H15FN2O4S/c1-19-12(16)10-3-2-8(13)6-11(10)20(17,18)15-9-4-5-14-7-9/h2-3,6,9,14-15H,4-5,7H2,1H3. The Morgan fingerprint density at radius 3 is 2.85 bits per heavy atom. The van der Waals surface area contributed by atoms with Crippen molar-refractivity contribution in [1.29, 1.82) is 0 Å². The molecule has 1 heterocycles. The number of sulfonamides is 1. The molecule has 0 aliphatic carbocycles. The van der Waals surface area contributed by atoms with Crippen LogP contribution in [0.5, 0.6) is 0 Å². The summed E-state index contributed by atoms with van der Waals surface area (Å²) < 4.78 is 44.8. The van der Waals surface area contributed by atoms with Gasteiger partial charge in [-0.05, 0) is 31.2 Å². The molecule has 0 bridgehead atoms. The molecule has 0 saturated carbocycles. The van der Waals surface area contributed by atoms with Crippen molar-refractivity contribution in [1.82, 2.24) is 10.0 Å². The van der Waals surface area contributed by atoms with Crippen LogP contribution in [0.15, 0.2) is 23.1 Å². The SMILES string of the molecule is COC(=O)c1ccc(F)cc1S(=O)(=O)NC1CCNC1. The zero-order valence-corrected chi connectivity index (χ0v) is 11.7. The lowest BCUT2D eigenvalue weighted by molar-refractivity contribution is 0.0596. The van der Waals surface area contributed by atoms with Gasteiger partial charge in [0.2, 0.25) is 10.0 Å². The van der Waals surface area contributed by atoms with Crippen LogP contribution in [-0.4, -0.2) is 40.6 Å². The fourth-order valence-corrected chi connectivity index (χ4v) is 3.51. The van der Waals surface area contributed by atoms with Crippen molar-refractivity contribution in [3.8, 4) is 0 Å². The van der Waals surface area contributed by atoms with Gasteiger partial charge >= 0.3 is 5.97 Å². The smallest absolute Gasteiger partial charge is 0.339 e. The molecule has 1 aromatic carbocycles. The largest absolute Gasteiger partial charge is 0.465 e. The summed E-state index contributed by atoms with van der Waals surface area (Å²) in [7, 11) is -2.85. The Morgan fingerprint density at radius 1 is 1.50 bits per heavy atom. The van der Waals surface area contributed by atoms with Crippen LogP contribution >= 0.6 is 0 Å². The number of halogens is 1. The van der Waals surface area contributed by atoms with Gasteiger partial charge in [-0.1, -0.05) is 0 Å². The summed E-state index contributed by atoms with van der Waals surface area (Å²) in [5.41, 5.74) is -0.188. The molecule has 1 unspecified atom stereocenters. The monoisotopic (exact) mass is 302 g/mol. The highest BCUT2D eigenvalue weighted by atomic mass is 32.2. The number of carbonyl (C=O) groups is 1. The van der Waals surface area contributed by atoms with Crippen LogP contribution in [0.1, 0.15) is 16.8 Å². The first kappa shape index (κ1) is 14.9. The van der Waals surface area contributed by atoms with Crippen molar-refractivity contribution in [2.75, 3.05) is 20.2 Å². The van der Waals surface area contributed by atoms with Crippen LogP contribution in [0.25, 0.3) is 0 Å². The Morgan fingerprint density at radius 2 is 2.25 bits per heavy atom. The second kappa shape index (κ2) is 5.86. The Kier molecular flexibility index (Phi) is 4.36. The molecule has 1 saturated heterocycles. The maximum Gasteiger partial charge on any atom is 0.339 e. The zero-order valence-electron chi connectivity index (χ0n) is 10.8. The van der Waals surface area contributed by atoms with Gasteiger partial charge < -0.3 is 10.1 Å². The van der Waals surface area contributed by atoms with Gasteiger partial charge in [-0.2, -0.15) is 0 Å². The molecule has 1 aliphatic heterocycles. The molecule has 2 N–H and O–H groups in total. The number of ether oxygens (including phenoxy) is 1. The average molecular weight is 302 g/mol. The van der Waals surface area contributed by atoms with Crippen molar-refractivity contribution in [3.05, 3.63) is 29.6 Å². The second-order valence-electron chi connectivity index (χ2n) is 4.44. The molecule has 6 nitrogen and oxygen atoms in total. The third-order valence-electron chi connectivity index (χ3n) is 3.02. The van der Waals surface area contributed by atoms with Gasteiger partial charge in [-0.25, -0.2) is 22.3 Å². The molecule has 1 atom stereocenters. The van der Waals surface area contributed by atoms with E-state index in [0.29, 0.717) is 19.5 Å². The van der Waals surface area contributed by atoms with E-state index in [1.54, 1.807) is 0 Å². The number of rotatable bonds is 4. The van der Waals surface area contributed by atoms with Crippen molar-refractivity contribution in [2.24, 2.45) is 0 Å². The summed E-state index contributed by atoms with van der Waals surface area (Å²) in [6.45, 7) is 1.21. The van der Waals surface area contributed by atoms with Gasteiger partial charge in [0.05, 0.1) is 17.6 Å². The van der Waals surface area contributed by atoms with E-state index in [0.717, 1.165) is 25.3 Å². The van der Waals surface area contributed by atoms with E-state index in [2.05, 4.69) is 14.8 Å². The minimum Gasteiger partial charge on any atom is -0.465 e. The summed E-state index contributed by atoms with van der Waals surface area (Å²) in [6, 6.07) is 2.66. The predicted octanol–water partition coefficient (Wildman–Crippen LogP) is 0.252. The molecule has 1 aliphatic rings. The summed E-state index contributed by atoms with van der Waals surface area (Å²) in [6.07, 6.45) is 0.641. The lowest BCUT2D eigenvalue weighted by atomic mass is 10.2. The fraction of sp³-hybridized carbons (Fsp3) is 0.417. The third-order valence-corrected chi connectivity index (χ3v) is 4.58. The zero-order chi connectivity index (χ0) is 14.8. The normalized spacial score (nSPS) is 19.0. The molecule has 1 fully saturated rings. The number of methoxy groups -OCH3 is 1. The number of carbonyl (C=O) groups excluding carboxylic acids is 1. The minimum atomic E-state index is -3.98. The van der Waals surface area contributed by atoms with Crippen molar-refractivity contribution in [2.45, 2.75) is 17.4 Å². The van der Waals surface area contributed by atoms with Crippen LogP contribution in [0.4, 0.5) is 4.39 Å². The van der Waals surface area contributed by atoms with E-state index >= 15 is 0 Å². The molecule has 0 amide bonds. The van der Waals surface area contributed by atoms with Gasteiger partial charge in [0.1, 0.15) is 5.82 Å².